The summed E-state index contributed by atoms with van der Waals surface area (Å²) in [5, 5.41) is 0. The van der Waals surface area contributed by atoms with Crippen molar-refractivity contribution in [2.75, 3.05) is 19.7 Å². The van der Waals surface area contributed by atoms with Gasteiger partial charge in [0.25, 0.3) is 0 Å². The summed E-state index contributed by atoms with van der Waals surface area (Å²) < 4.78 is 7.43. The van der Waals surface area contributed by atoms with E-state index in [1.165, 1.54) is 0 Å². The van der Waals surface area contributed by atoms with E-state index in [0.29, 0.717) is 31.5 Å². The van der Waals surface area contributed by atoms with E-state index < -0.39 is 5.41 Å². The molecular weight excluding hydrogens is 356 g/mol. The molecule has 0 bridgehead atoms. The van der Waals surface area contributed by atoms with Crippen LogP contribution in [0.3, 0.4) is 0 Å². The molecule has 1 aromatic rings. The quantitative estimate of drug-likeness (QED) is 0.568. The van der Waals surface area contributed by atoms with Crippen LogP contribution in [0.2, 0.25) is 0 Å². The third-order valence-electron chi connectivity index (χ3n) is 5.40. The van der Waals surface area contributed by atoms with Gasteiger partial charge >= 0.3 is 5.97 Å². The molecule has 6 nitrogen and oxygen atoms in total. The Morgan fingerprint density at radius 3 is 2.18 bits per heavy atom. The lowest BCUT2D eigenvalue weighted by Crippen LogP contribution is -2.45. The van der Waals surface area contributed by atoms with E-state index >= 15 is 0 Å². The highest BCUT2D eigenvalue weighted by Crippen LogP contribution is 2.25. The maximum Gasteiger partial charge on any atom is 0.309 e. The van der Waals surface area contributed by atoms with Crippen molar-refractivity contribution in [3.05, 3.63) is 23.0 Å². The molecule has 1 aromatic heterocycles. The van der Waals surface area contributed by atoms with E-state index in [4.69, 9.17) is 4.74 Å². The Kier molecular flexibility index (Phi) is 6.73. The van der Waals surface area contributed by atoms with Gasteiger partial charge in [0.15, 0.2) is 6.61 Å². The van der Waals surface area contributed by atoms with Crippen molar-refractivity contribution in [2.45, 2.75) is 67.3 Å². The van der Waals surface area contributed by atoms with E-state index in [9.17, 15) is 14.4 Å². The van der Waals surface area contributed by atoms with Gasteiger partial charge in [-0.3, -0.25) is 14.4 Å². The van der Waals surface area contributed by atoms with Crippen LogP contribution in [0.1, 0.15) is 75.2 Å². The van der Waals surface area contributed by atoms with Gasteiger partial charge in [0.05, 0.1) is 5.92 Å². The van der Waals surface area contributed by atoms with Crippen LogP contribution in [0.15, 0.2) is 6.07 Å². The van der Waals surface area contributed by atoms with Crippen molar-refractivity contribution in [2.24, 2.45) is 11.3 Å². The average Bonchev–Trinajstić information content (AvgIpc) is 2.92. The third kappa shape index (κ3) is 4.83. The predicted octanol–water partition coefficient (Wildman–Crippen LogP) is 3.70. The van der Waals surface area contributed by atoms with Crippen molar-refractivity contribution in [1.82, 2.24) is 9.47 Å². The number of hydrogen-bond acceptors (Lipinski definition) is 4. The lowest BCUT2D eigenvalue weighted by molar-refractivity contribution is -0.152. The summed E-state index contributed by atoms with van der Waals surface area (Å²) in [6.07, 6.45) is 1.16. The minimum Gasteiger partial charge on any atom is -0.457 e. The number of nitrogens with zero attached hydrogens (tertiary/aromatic N) is 2. The second kappa shape index (κ2) is 8.50. The normalized spacial score (nSPS) is 15.8. The standard InChI is InChI=1S/C22H34N2O4/c1-14(2)24-15(3)12-18(16(24)4)19(25)13-28-20(26)17-8-10-23(11-9-17)21(27)22(5,6)7/h12,14,17H,8-11,13H2,1-7H3. The van der Waals surface area contributed by atoms with Gasteiger partial charge in [0.2, 0.25) is 11.7 Å². The number of carbonyl (C=O) groups is 3. The topological polar surface area (TPSA) is 68.6 Å². The van der Waals surface area contributed by atoms with Gasteiger partial charge < -0.3 is 14.2 Å². The van der Waals surface area contributed by atoms with E-state index in [2.05, 4.69) is 18.4 Å². The number of hydrogen-bond donors (Lipinski definition) is 0. The van der Waals surface area contributed by atoms with Crippen LogP contribution in [-0.2, 0) is 14.3 Å². The summed E-state index contributed by atoms with van der Waals surface area (Å²) in [5.41, 5.74) is 2.13. The van der Waals surface area contributed by atoms with E-state index in [0.717, 1.165) is 11.4 Å². The molecule has 0 saturated carbocycles. The summed E-state index contributed by atoms with van der Waals surface area (Å²) in [6.45, 7) is 14.6. The van der Waals surface area contributed by atoms with E-state index in [-0.39, 0.29) is 36.2 Å². The summed E-state index contributed by atoms with van der Waals surface area (Å²) in [4.78, 5) is 39.1. The first-order valence-corrected chi connectivity index (χ1v) is 10.1. The molecule has 1 fully saturated rings. The molecule has 0 unspecified atom stereocenters. The van der Waals surface area contributed by atoms with Gasteiger partial charge in [-0.25, -0.2) is 0 Å². The summed E-state index contributed by atoms with van der Waals surface area (Å²) in [6, 6.07) is 2.13. The molecule has 28 heavy (non-hydrogen) atoms. The second-order valence-electron chi connectivity index (χ2n) is 9.10. The molecule has 0 aliphatic carbocycles. The smallest absolute Gasteiger partial charge is 0.309 e. The van der Waals surface area contributed by atoms with Crippen molar-refractivity contribution in [3.63, 3.8) is 0 Å². The third-order valence-corrected chi connectivity index (χ3v) is 5.40. The number of aromatic nitrogens is 1. The zero-order valence-electron chi connectivity index (χ0n) is 18.3. The fourth-order valence-corrected chi connectivity index (χ4v) is 3.98. The van der Waals surface area contributed by atoms with E-state index in [1.807, 2.05) is 45.6 Å². The molecule has 0 aromatic carbocycles. The first kappa shape index (κ1) is 22.2. The highest BCUT2D eigenvalue weighted by atomic mass is 16.5. The molecule has 2 rings (SSSR count). The first-order valence-electron chi connectivity index (χ1n) is 10.1. The number of rotatable bonds is 5. The molecule has 2 heterocycles. The van der Waals surface area contributed by atoms with Crippen molar-refractivity contribution >= 4 is 17.7 Å². The predicted molar refractivity (Wildman–Crippen MR) is 108 cm³/mol. The summed E-state index contributed by atoms with van der Waals surface area (Å²) in [7, 11) is 0. The van der Waals surface area contributed by atoms with Gasteiger partial charge in [0.1, 0.15) is 0 Å². The molecule has 0 spiro atoms. The monoisotopic (exact) mass is 390 g/mol. The fraction of sp³-hybridized carbons (Fsp3) is 0.682. The molecule has 1 saturated heterocycles. The van der Waals surface area contributed by atoms with Gasteiger partial charge in [-0.2, -0.15) is 0 Å². The molecule has 0 atom stereocenters. The van der Waals surface area contributed by atoms with Gasteiger partial charge in [-0.1, -0.05) is 20.8 Å². The van der Waals surface area contributed by atoms with Crippen LogP contribution < -0.4 is 0 Å². The second-order valence-corrected chi connectivity index (χ2v) is 9.10. The molecule has 156 valence electrons. The van der Waals surface area contributed by atoms with Gasteiger partial charge in [-0.05, 0) is 46.6 Å². The van der Waals surface area contributed by atoms with Gasteiger partial charge in [0, 0.05) is 41.5 Å². The van der Waals surface area contributed by atoms with Crippen molar-refractivity contribution < 1.29 is 19.1 Å². The molecule has 1 aliphatic heterocycles. The van der Waals surface area contributed by atoms with Crippen LogP contribution in [0, 0.1) is 25.2 Å². The van der Waals surface area contributed by atoms with Crippen LogP contribution in [0.5, 0.6) is 0 Å². The number of amides is 1. The SMILES string of the molecule is Cc1cc(C(=O)COC(=O)C2CCN(C(=O)C(C)(C)C)CC2)c(C)n1C(C)C. The number of ether oxygens (including phenoxy) is 1. The zero-order chi connectivity index (χ0) is 21.2. The number of Topliss-reactive ketones (excluding diaryl/α,β-unsaturated/α-hetero) is 1. The Balaban J connectivity index is 1.89. The van der Waals surface area contributed by atoms with Crippen LogP contribution in [0.25, 0.3) is 0 Å². The Morgan fingerprint density at radius 1 is 1.14 bits per heavy atom. The molecule has 0 N–H and O–H groups in total. The lowest BCUT2D eigenvalue weighted by Gasteiger charge is -2.34. The van der Waals surface area contributed by atoms with Gasteiger partial charge in [-0.15, -0.1) is 0 Å². The largest absolute Gasteiger partial charge is 0.457 e. The molecule has 6 heteroatoms. The van der Waals surface area contributed by atoms with Crippen molar-refractivity contribution in [1.29, 1.82) is 0 Å². The molecular formula is C22H34N2O4. The molecule has 1 amide bonds. The summed E-state index contributed by atoms with van der Waals surface area (Å²) in [5.74, 6) is -0.655. The number of piperidine rings is 1. The summed E-state index contributed by atoms with van der Waals surface area (Å²) >= 11 is 0. The Bertz CT molecular complexity index is 747. The number of esters is 1. The highest BCUT2D eigenvalue weighted by molar-refractivity contribution is 5.99. The Morgan fingerprint density at radius 2 is 1.71 bits per heavy atom. The van der Waals surface area contributed by atoms with E-state index in [1.54, 1.807) is 0 Å². The Hall–Kier alpha value is -2.11. The first-order chi connectivity index (χ1) is 12.9. The molecule has 1 aliphatic rings. The number of ketones is 1. The van der Waals surface area contributed by atoms with Crippen LogP contribution in [0.4, 0.5) is 0 Å². The van der Waals surface area contributed by atoms with Crippen molar-refractivity contribution in [3.8, 4) is 0 Å². The average molecular weight is 391 g/mol. The number of likely N-dealkylation sites (tertiary alicyclic amines) is 1. The Labute approximate surface area is 168 Å². The zero-order valence-corrected chi connectivity index (χ0v) is 18.3. The number of carbonyl (C=O) groups excluding carboxylic acids is 3. The highest BCUT2D eigenvalue weighted by Gasteiger charge is 2.33. The van der Waals surface area contributed by atoms with Crippen LogP contribution in [-0.4, -0.2) is 46.8 Å². The lowest BCUT2D eigenvalue weighted by atomic mass is 9.91. The maximum atomic E-state index is 12.5. The fourth-order valence-electron chi connectivity index (χ4n) is 3.98. The molecule has 0 radical (unpaired) electrons. The minimum atomic E-state index is -0.415. The number of aryl methyl sites for hydroxylation is 1. The van der Waals surface area contributed by atoms with Crippen LogP contribution >= 0.6 is 0 Å². The maximum absolute atomic E-state index is 12.5. The minimum absolute atomic E-state index is 0.106.